The van der Waals surface area contributed by atoms with Crippen LogP contribution in [0.3, 0.4) is 0 Å². The molecule has 0 spiro atoms. The van der Waals surface area contributed by atoms with Crippen molar-refractivity contribution in [2.75, 3.05) is 23.4 Å². The van der Waals surface area contributed by atoms with Gasteiger partial charge in [0, 0.05) is 13.1 Å². The van der Waals surface area contributed by atoms with Gasteiger partial charge in [-0.15, -0.1) is 0 Å². The highest BCUT2D eigenvalue weighted by Crippen LogP contribution is 2.31. The van der Waals surface area contributed by atoms with Crippen molar-refractivity contribution in [2.45, 2.75) is 12.8 Å². The van der Waals surface area contributed by atoms with Gasteiger partial charge in [0.25, 0.3) is 0 Å². The number of hydrogen-bond acceptors (Lipinski definition) is 6. The van der Waals surface area contributed by atoms with Crippen LogP contribution in [0.2, 0.25) is 0 Å². The third-order valence-electron chi connectivity index (χ3n) is 3.03. The molecule has 1 aliphatic heterocycles. The number of piperidine rings is 1. The molecule has 2 rings (SSSR count). The van der Waals surface area contributed by atoms with Gasteiger partial charge in [0.2, 0.25) is 5.91 Å². The zero-order valence-electron chi connectivity index (χ0n) is 9.77. The second-order valence-electron chi connectivity index (χ2n) is 4.19. The molecule has 1 fully saturated rings. The second kappa shape index (κ2) is 5.49. The molecule has 0 radical (unpaired) electrons. The predicted molar refractivity (Wildman–Crippen MR) is 71.7 cm³/mol. The summed E-state index contributed by atoms with van der Waals surface area (Å²) in [6.45, 7) is 1.42. The molecule has 5 N–H and O–H groups in total. The lowest BCUT2D eigenvalue weighted by Gasteiger charge is -2.32. The Hall–Kier alpha value is -1.41. The highest BCUT2D eigenvalue weighted by molar-refractivity contribution is 9.10. The van der Waals surface area contributed by atoms with Crippen molar-refractivity contribution in [3.63, 3.8) is 0 Å². The molecular weight excluding hydrogens is 300 g/mol. The van der Waals surface area contributed by atoms with Crippen LogP contribution in [0.5, 0.6) is 0 Å². The van der Waals surface area contributed by atoms with Crippen molar-refractivity contribution < 1.29 is 4.79 Å². The van der Waals surface area contributed by atoms with Crippen molar-refractivity contribution in [3.05, 3.63) is 10.8 Å². The lowest BCUT2D eigenvalue weighted by Crippen LogP contribution is -2.41. The van der Waals surface area contributed by atoms with Gasteiger partial charge in [-0.3, -0.25) is 4.79 Å². The Morgan fingerprint density at radius 3 is 3.00 bits per heavy atom. The van der Waals surface area contributed by atoms with Crippen LogP contribution < -0.4 is 21.9 Å². The van der Waals surface area contributed by atoms with Crippen LogP contribution in [0.1, 0.15) is 12.8 Å². The van der Waals surface area contributed by atoms with Gasteiger partial charge in [0.05, 0.1) is 5.92 Å². The molecule has 98 valence electrons. The van der Waals surface area contributed by atoms with E-state index < -0.39 is 0 Å². The van der Waals surface area contributed by atoms with E-state index in [0.717, 1.165) is 25.2 Å². The van der Waals surface area contributed by atoms with E-state index in [4.69, 9.17) is 11.6 Å². The zero-order chi connectivity index (χ0) is 13.1. The number of amides is 1. The average molecular weight is 315 g/mol. The first kappa shape index (κ1) is 13.0. The Bertz CT molecular complexity index is 454. The lowest BCUT2D eigenvalue weighted by atomic mass is 9.97. The third kappa shape index (κ3) is 2.54. The first-order chi connectivity index (χ1) is 8.63. The summed E-state index contributed by atoms with van der Waals surface area (Å²) in [6.07, 6.45) is 3.18. The summed E-state index contributed by atoms with van der Waals surface area (Å²) in [5.74, 6) is 6.21. The average Bonchev–Trinajstić information content (AvgIpc) is 2.39. The van der Waals surface area contributed by atoms with Crippen molar-refractivity contribution in [1.82, 2.24) is 9.97 Å². The monoisotopic (exact) mass is 314 g/mol. The van der Waals surface area contributed by atoms with Crippen molar-refractivity contribution in [1.29, 1.82) is 0 Å². The number of nitrogens with one attached hydrogen (secondary N) is 1. The SMILES string of the molecule is NNc1ncnc(N2CCCC(C(N)=O)C2)c1Br. The minimum atomic E-state index is -0.262. The lowest BCUT2D eigenvalue weighted by molar-refractivity contribution is -0.122. The van der Waals surface area contributed by atoms with E-state index in [1.807, 2.05) is 4.90 Å². The molecule has 0 saturated carbocycles. The fourth-order valence-electron chi connectivity index (χ4n) is 2.08. The zero-order valence-corrected chi connectivity index (χ0v) is 11.4. The molecule has 1 atom stereocenters. The summed E-state index contributed by atoms with van der Waals surface area (Å²) in [4.78, 5) is 21.5. The van der Waals surface area contributed by atoms with Gasteiger partial charge in [0.15, 0.2) is 5.82 Å². The summed E-state index contributed by atoms with van der Waals surface area (Å²) in [5.41, 5.74) is 7.85. The van der Waals surface area contributed by atoms with Crippen LogP contribution >= 0.6 is 15.9 Å². The summed E-state index contributed by atoms with van der Waals surface area (Å²) >= 11 is 3.41. The van der Waals surface area contributed by atoms with E-state index in [-0.39, 0.29) is 11.8 Å². The maximum atomic E-state index is 11.3. The van der Waals surface area contributed by atoms with Gasteiger partial charge in [-0.05, 0) is 28.8 Å². The van der Waals surface area contributed by atoms with Crippen LogP contribution in [-0.2, 0) is 4.79 Å². The summed E-state index contributed by atoms with van der Waals surface area (Å²) < 4.78 is 0.692. The van der Waals surface area contributed by atoms with Gasteiger partial charge in [0.1, 0.15) is 16.6 Å². The van der Waals surface area contributed by atoms with Gasteiger partial charge in [-0.25, -0.2) is 15.8 Å². The number of hydrazine groups is 1. The molecule has 8 heteroatoms. The molecule has 1 unspecified atom stereocenters. The molecule has 0 aliphatic carbocycles. The molecule has 1 saturated heterocycles. The van der Waals surface area contributed by atoms with Crippen LogP contribution in [-0.4, -0.2) is 29.0 Å². The smallest absolute Gasteiger partial charge is 0.222 e. The Balaban J connectivity index is 2.23. The minimum Gasteiger partial charge on any atom is -0.369 e. The van der Waals surface area contributed by atoms with E-state index >= 15 is 0 Å². The molecule has 1 amide bonds. The van der Waals surface area contributed by atoms with Crippen LogP contribution in [0, 0.1) is 5.92 Å². The number of primary amides is 1. The van der Waals surface area contributed by atoms with E-state index in [1.54, 1.807) is 0 Å². The molecule has 1 aliphatic rings. The van der Waals surface area contributed by atoms with E-state index in [2.05, 4.69) is 31.3 Å². The highest BCUT2D eigenvalue weighted by Gasteiger charge is 2.26. The Kier molecular flexibility index (Phi) is 3.97. The number of carbonyl (C=O) groups excluding carboxylic acids is 1. The number of carbonyl (C=O) groups is 1. The second-order valence-corrected chi connectivity index (χ2v) is 4.98. The van der Waals surface area contributed by atoms with Gasteiger partial charge >= 0.3 is 0 Å². The number of hydrogen-bond donors (Lipinski definition) is 3. The number of rotatable bonds is 3. The normalized spacial score (nSPS) is 19.7. The highest BCUT2D eigenvalue weighted by atomic mass is 79.9. The van der Waals surface area contributed by atoms with Crippen LogP contribution in [0.4, 0.5) is 11.6 Å². The molecule has 1 aromatic heterocycles. The van der Waals surface area contributed by atoms with E-state index in [9.17, 15) is 4.79 Å². The number of nitrogens with two attached hydrogens (primary N) is 2. The molecular formula is C10H15BrN6O. The number of nitrogen functional groups attached to an aromatic ring is 1. The fourth-order valence-corrected chi connectivity index (χ4v) is 2.65. The fraction of sp³-hybridized carbons (Fsp3) is 0.500. The Morgan fingerprint density at radius 1 is 1.56 bits per heavy atom. The number of nitrogens with zero attached hydrogens (tertiary/aromatic N) is 3. The number of anilines is 2. The van der Waals surface area contributed by atoms with Crippen molar-refractivity contribution in [2.24, 2.45) is 17.5 Å². The molecule has 2 heterocycles. The van der Waals surface area contributed by atoms with Crippen LogP contribution in [0.25, 0.3) is 0 Å². The van der Waals surface area contributed by atoms with Gasteiger partial charge in [-0.1, -0.05) is 0 Å². The maximum Gasteiger partial charge on any atom is 0.222 e. The topological polar surface area (TPSA) is 110 Å². The van der Waals surface area contributed by atoms with E-state index in [1.165, 1.54) is 6.33 Å². The molecule has 0 bridgehead atoms. The Labute approximate surface area is 113 Å². The molecule has 1 aromatic rings. The molecule has 7 nitrogen and oxygen atoms in total. The summed E-state index contributed by atoms with van der Waals surface area (Å²) in [5, 5.41) is 0. The van der Waals surface area contributed by atoms with Gasteiger partial charge in [-0.2, -0.15) is 0 Å². The molecule has 0 aromatic carbocycles. The quantitative estimate of drug-likeness (QED) is 0.544. The first-order valence-electron chi connectivity index (χ1n) is 5.65. The standard InChI is InChI=1S/C10H15BrN6O/c11-7-9(16-13)14-5-15-10(7)17-3-1-2-6(4-17)8(12)18/h5-6H,1-4,13H2,(H2,12,18)(H,14,15,16). The maximum absolute atomic E-state index is 11.3. The third-order valence-corrected chi connectivity index (χ3v) is 3.76. The first-order valence-corrected chi connectivity index (χ1v) is 6.44. The van der Waals surface area contributed by atoms with E-state index in [0.29, 0.717) is 16.8 Å². The minimum absolute atomic E-state index is 0.130. The van der Waals surface area contributed by atoms with Crippen molar-refractivity contribution in [3.8, 4) is 0 Å². The number of aromatic nitrogens is 2. The molecule has 18 heavy (non-hydrogen) atoms. The largest absolute Gasteiger partial charge is 0.369 e. The predicted octanol–water partition coefficient (Wildman–Crippen LogP) is 0.226. The Morgan fingerprint density at radius 2 is 2.33 bits per heavy atom. The number of halogens is 1. The summed E-state index contributed by atoms with van der Waals surface area (Å²) in [6, 6.07) is 0. The van der Waals surface area contributed by atoms with Gasteiger partial charge < -0.3 is 16.1 Å². The van der Waals surface area contributed by atoms with Crippen LogP contribution in [0.15, 0.2) is 10.8 Å². The summed E-state index contributed by atoms with van der Waals surface area (Å²) in [7, 11) is 0. The van der Waals surface area contributed by atoms with Crippen molar-refractivity contribution >= 4 is 33.5 Å².